The fourth-order valence-corrected chi connectivity index (χ4v) is 7.61. The topological polar surface area (TPSA) is 128 Å². The number of rotatable bonds is 14. The molecular weight excluding hydrogens is 532 g/mol. The molecule has 2 aromatic rings. The standard InChI is InChI=1S/C30H42N2O7S/c1-39-28-11-13-29(14-12-28)40(37,38)31(18-23-9-5-6-10-23)19-27(35)20-32-25(15-22-7-3-2-4-8-22)16-24(30(32)36)17-26(34)21-33/h2-4,7-8,11-14,23-27,33-35H,5-6,9-10,15-21H2,1H3/t24?,25-,26?,27?/m0/s1. The zero-order valence-corrected chi connectivity index (χ0v) is 24.0. The van der Waals surface area contributed by atoms with Crippen LogP contribution in [0.1, 0.15) is 44.1 Å². The van der Waals surface area contributed by atoms with Gasteiger partial charge in [-0.3, -0.25) is 4.79 Å². The highest BCUT2D eigenvalue weighted by Gasteiger charge is 2.41. The Bertz CT molecular complexity index is 1190. The first kappa shape index (κ1) is 30.5. The molecule has 1 saturated carbocycles. The van der Waals surface area contributed by atoms with E-state index in [4.69, 9.17) is 4.74 Å². The quantitative estimate of drug-likeness (QED) is 0.316. The van der Waals surface area contributed by atoms with Crippen LogP contribution in [-0.4, -0.2) is 90.5 Å². The van der Waals surface area contributed by atoms with Crippen molar-refractivity contribution in [2.45, 2.75) is 68.1 Å². The van der Waals surface area contributed by atoms with Gasteiger partial charge in [-0.15, -0.1) is 0 Å². The highest BCUT2D eigenvalue weighted by molar-refractivity contribution is 7.89. The highest BCUT2D eigenvalue weighted by Crippen LogP contribution is 2.32. The number of aliphatic hydroxyl groups excluding tert-OH is 3. The van der Waals surface area contributed by atoms with Crippen molar-refractivity contribution >= 4 is 15.9 Å². The third kappa shape index (κ3) is 7.61. The van der Waals surface area contributed by atoms with E-state index in [2.05, 4.69) is 0 Å². The largest absolute Gasteiger partial charge is 0.497 e. The summed E-state index contributed by atoms with van der Waals surface area (Å²) < 4.78 is 34.0. The zero-order valence-electron chi connectivity index (χ0n) is 23.1. The second kappa shape index (κ2) is 13.9. The molecule has 0 aromatic heterocycles. The van der Waals surface area contributed by atoms with Gasteiger partial charge in [0.2, 0.25) is 15.9 Å². The van der Waals surface area contributed by atoms with Crippen molar-refractivity contribution in [3.8, 4) is 5.75 Å². The summed E-state index contributed by atoms with van der Waals surface area (Å²) in [7, 11) is -2.37. The molecule has 1 saturated heterocycles. The number of carbonyl (C=O) groups is 1. The van der Waals surface area contributed by atoms with Crippen molar-refractivity contribution in [1.82, 2.24) is 9.21 Å². The highest BCUT2D eigenvalue weighted by atomic mass is 32.2. The third-order valence-electron chi connectivity index (χ3n) is 8.17. The number of sulfonamides is 1. The average molecular weight is 575 g/mol. The molecule has 40 heavy (non-hydrogen) atoms. The number of likely N-dealkylation sites (tertiary alicyclic amines) is 1. The van der Waals surface area contributed by atoms with E-state index < -0.39 is 34.8 Å². The normalized spacial score (nSPS) is 21.7. The maximum atomic E-state index is 13.7. The van der Waals surface area contributed by atoms with Crippen molar-refractivity contribution in [2.75, 3.05) is 33.4 Å². The Morgan fingerprint density at radius 1 is 1.02 bits per heavy atom. The Labute approximate surface area is 237 Å². The van der Waals surface area contributed by atoms with Crippen LogP contribution < -0.4 is 4.74 Å². The van der Waals surface area contributed by atoms with E-state index in [9.17, 15) is 28.5 Å². The van der Waals surface area contributed by atoms with Gasteiger partial charge in [-0.2, -0.15) is 4.31 Å². The minimum atomic E-state index is -3.89. The Morgan fingerprint density at radius 3 is 2.33 bits per heavy atom. The first-order chi connectivity index (χ1) is 19.2. The van der Waals surface area contributed by atoms with Gasteiger partial charge in [0, 0.05) is 31.6 Å². The number of hydrogen-bond donors (Lipinski definition) is 3. The number of methoxy groups -OCH3 is 1. The molecule has 3 unspecified atom stereocenters. The van der Waals surface area contributed by atoms with Crippen LogP contribution in [-0.2, 0) is 21.2 Å². The number of benzene rings is 2. The maximum absolute atomic E-state index is 13.7. The number of β-amino-alcohol motifs (C(OH)–C–C–N with tert-alkyl or cyclic N) is 1. The summed E-state index contributed by atoms with van der Waals surface area (Å²) in [5, 5.41) is 30.6. The Hall–Kier alpha value is -2.50. The average Bonchev–Trinajstić information content (AvgIpc) is 3.57. The number of aliphatic hydroxyl groups is 3. The molecule has 1 amide bonds. The fourth-order valence-electron chi connectivity index (χ4n) is 6.06. The van der Waals surface area contributed by atoms with Crippen molar-refractivity contribution in [3.05, 3.63) is 60.2 Å². The second-order valence-electron chi connectivity index (χ2n) is 11.1. The van der Waals surface area contributed by atoms with Gasteiger partial charge in [-0.25, -0.2) is 8.42 Å². The number of nitrogens with zero attached hydrogens (tertiary/aromatic N) is 2. The van der Waals surface area contributed by atoms with Gasteiger partial charge in [-0.05, 0) is 67.9 Å². The Balaban J connectivity index is 1.52. The number of amides is 1. The van der Waals surface area contributed by atoms with Crippen LogP contribution in [0.4, 0.5) is 0 Å². The molecule has 0 radical (unpaired) electrons. The molecule has 2 fully saturated rings. The summed E-state index contributed by atoms with van der Waals surface area (Å²) >= 11 is 0. The minimum Gasteiger partial charge on any atom is -0.497 e. The number of hydrogen-bond acceptors (Lipinski definition) is 7. The van der Waals surface area contributed by atoms with Crippen LogP contribution in [0.5, 0.6) is 5.75 Å². The van der Waals surface area contributed by atoms with E-state index in [1.807, 2.05) is 30.3 Å². The molecule has 0 bridgehead atoms. The minimum absolute atomic E-state index is 0.0125. The van der Waals surface area contributed by atoms with Gasteiger partial charge in [0.05, 0.1) is 30.8 Å². The van der Waals surface area contributed by atoms with E-state index >= 15 is 0 Å². The van der Waals surface area contributed by atoms with Crippen LogP contribution in [0.3, 0.4) is 0 Å². The summed E-state index contributed by atoms with van der Waals surface area (Å²) in [5.41, 5.74) is 1.05. The molecule has 1 heterocycles. The van der Waals surface area contributed by atoms with Crippen LogP contribution in [0.2, 0.25) is 0 Å². The maximum Gasteiger partial charge on any atom is 0.243 e. The summed E-state index contributed by atoms with van der Waals surface area (Å²) in [6.45, 7) is -0.245. The lowest BCUT2D eigenvalue weighted by Crippen LogP contribution is -2.47. The molecule has 2 aliphatic rings. The molecule has 1 aliphatic heterocycles. The van der Waals surface area contributed by atoms with Gasteiger partial charge in [0.15, 0.2) is 0 Å². The van der Waals surface area contributed by atoms with Crippen LogP contribution >= 0.6 is 0 Å². The predicted octanol–water partition coefficient (Wildman–Crippen LogP) is 2.44. The molecular formula is C30H42N2O7S. The molecule has 2 aromatic carbocycles. The lowest BCUT2D eigenvalue weighted by Gasteiger charge is -2.31. The Kier molecular flexibility index (Phi) is 10.6. The van der Waals surface area contributed by atoms with E-state index in [-0.39, 0.29) is 42.3 Å². The van der Waals surface area contributed by atoms with Gasteiger partial charge < -0.3 is 25.0 Å². The van der Waals surface area contributed by atoms with Gasteiger partial charge >= 0.3 is 0 Å². The number of carbonyl (C=O) groups excluding carboxylic acids is 1. The van der Waals surface area contributed by atoms with E-state index in [0.717, 1.165) is 31.2 Å². The second-order valence-corrected chi connectivity index (χ2v) is 13.1. The summed E-state index contributed by atoms with van der Waals surface area (Å²) in [4.78, 5) is 15.2. The molecule has 4 rings (SSSR count). The Morgan fingerprint density at radius 2 is 1.70 bits per heavy atom. The smallest absolute Gasteiger partial charge is 0.243 e. The van der Waals surface area contributed by atoms with E-state index in [1.165, 1.54) is 23.5 Å². The van der Waals surface area contributed by atoms with E-state index in [1.54, 1.807) is 17.0 Å². The monoisotopic (exact) mass is 574 g/mol. The van der Waals surface area contributed by atoms with Crippen LogP contribution in [0, 0.1) is 11.8 Å². The first-order valence-electron chi connectivity index (χ1n) is 14.2. The van der Waals surface area contributed by atoms with Crippen molar-refractivity contribution in [3.63, 3.8) is 0 Å². The first-order valence-corrected chi connectivity index (χ1v) is 15.6. The fraction of sp³-hybridized carbons (Fsp3) is 0.567. The SMILES string of the molecule is COc1ccc(S(=O)(=O)N(CC(O)CN2C(=O)C(CC(O)CO)C[C@@H]2Cc2ccccc2)CC2CCCC2)cc1. The predicted molar refractivity (Wildman–Crippen MR) is 151 cm³/mol. The van der Waals surface area contributed by atoms with Gasteiger partial charge in [-0.1, -0.05) is 43.2 Å². The summed E-state index contributed by atoms with van der Waals surface area (Å²) in [6, 6.07) is 15.8. The zero-order chi connectivity index (χ0) is 28.7. The van der Waals surface area contributed by atoms with Crippen LogP contribution in [0.15, 0.2) is 59.5 Å². The van der Waals surface area contributed by atoms with Crippen molar-refractivity contribution in [2.24, 2.45) is 11.8 Å². The molecule has 9 nitrogen and oxygen atoms in total. The molecule has 220 valence electrons. The summed E-state index contributed by atoms with van der Waals surface area (Å²) in [5.74, 6) is 0.122. The lowest BCUT2D eigenvalue weighted by molar-refractivity contribution is -0.134. The van der Waals surface area contributed by atoms with Crippen molar-refractivity contribution < 1.29 is 33.3 Å². The van der Waals surface area contributed by atoms with E-state index in [0.29, 0.717) is 25.1 Å². The summed E-state index contributed by atoms with van der Waals surface area (Å²) in [6.07, 6.45) is 3.15. The molecule has 0 spiro atoms. The van der Waals surface area contributed by atoms with Crippen LogP contribution in [0.25, 0.3) is 0 Å². The molecule has 1 aliphatic carbocycles. The van der Waals surface area contributed by atoms with Gasteiger partial charge in [0.1, 0.15) is 5.75 Å². The lowest BCUT2D eigenvalue weighted by atomic mass is 9.95. The van der Waals surface area contributed by atoms with Gasteiger partial charge in [0.25, 0.3) is 0 Å². The van der Waals surface area contributed by atoms with Crippen molar-refractivity contribution in [1.29, 1.82) is 0 Å². The third-order valence-corrected chi connectivity index (χ3v) is 10.0. The molecule has 3 N–H and O–H groups in total. The molecule has 10 heteroatoms. The molecule has 4 atom stereocenters. The number of ether oxygens (including phenoxy) is 1.